The lowest BCUT2D eigenvalue weighted by molar-refractivity contribution is -0.145. The second kappa shape index (κ2) is 8.40. The molecule has 1 aliphatic heterocycles. The molecule has 1 aliphatic rings. The van der Waals surface area contributed by atoms with Crippen LogP contribution in [0.25, 0.3) is 10.9 Å². The second-order valence-electron chi connectivity index (χ2n) is 9.04. The molecule has 176 valence electrons. The molecule has 0 saturated carbocycles. The van der Waals surface area contributed by atoms with Gasteiger partial charge in [-0.15, -0.1) is 0 Å². The number of hydrogen-bond donors (Lipinski definition) is 3. The molecule has 0 fully saturated rings. The molecule has 0 spiro atoms. The quantitative estimate of drug-likeness (QED) is 0.515. The van der Waals surface area contributed by atoms with Gasteiger partial charge in [0.15, 0.2) is 5.75 Å². The molecule has 34 heavy (non-hydrogen) atoms. The predicted molar refractivity (Wildman–Crippen MR) is 122 cm³/mol. The third kappa shape index (κ3) is 4.16. The first-order valence-corrected chi connectivity index (χ1v) is 10.7. The number of carboxylic acid groups (broad SMARTS) is 1. The minimum absolute atomic E-state index is 0.106. The van der Waals surface area contributed by atoms with Gasteiger partial charge in [0.25, 0.3) is 5.91 Å². The van der Waals surface area contributed by atoms with Crippen molar-refractivity contribution in [1.29, 1.82) is 0 Å². The van der Waals surface area contributed by atoms with Crippen molar-refractivity contribution in [3.8, 4) is 5.75 Å². The molecular formula is C25H24FN3O5. The lowest BCUT2D eigenvalue weighted by Gasteiger charge is -2.22. The van der Waals surface area contributed by atoms with Crippen LogP contribution in [-0.2, 0) is 29.0 Å². The Morgan fingerprint density at radius 3 is 2.53 bits per heavy atom. The van der Waals surface area contributed by atoms with Gasteiger partial charge in [-0.05, 0) is 60.7 Å². The summed E-state index contributed by atoms with van der Waals surface area (Å²) in [7, 11) is 1.59. The number of benzene rings is 2. The Balaban J connectivity index is 1.82. The van der Waals surface area contributed by atoms with Gasteiger partial charge in [-0.3, -0.25) is 14.6 Å². The van der Waals surface area contributed by atoms with Crippen molar-refractivity contribution in [2.24, 2.45) is 0 Å². The molecule has 9 heteroatoms. The Kier molecular flexibility index (Phi) is 5.72. The molecule has 0 aliphatic carbocycles. The zero-order chi connectivity index (χ0) is 24.8. The predicted octanol–water partition coefficient (Wildman–Crippen LogP) is 2.78. The number of phenols is 1. The molecule has 0 saturated heterocycles. The van der Waals surface area contributed by atoms with Gasteiger partial charge in [0.05, 0.1) is 12.0 Å². The molecule has 8 nitrogen and oxygen atoms in total. The van der Waals surface area contributed by atoms with Crippen LogP contribution < -0.4 is 5.32 Å². The Labute approximate surface area is 195 Å². The van der Waals surface area contributed by atoms with Gasteiger partial charge >= 0.3 is 5.97 Å². The van der Waals surface area contributed by atoms with Gasteiger partial charge in [0, 0.05) is 25.2 Å². The van der Waals surface area contributed by atoms with E-state index < -0.39 is 17.4 Å². The zero-order valence-corrected chi connectivity index (χ0v) is 19.0. The van der Waals surface area contributed by atoms with E-state index in [4.69, 9.17) is 0 Å². The van der Waals surface area contributed by atoms with Crippen molar-refractivity contribution in [2.75, 3.05) is 7.05 Å². The molecule has 4 rings (SSSR count). The number of hydrogen-bond acceptors (Lipinski definition) is 5. The maximum Gasteiger partial charge on any atom is 0.328 e. The molecule has 1 aromatic heterocycles. The molecule has 0 radical (unpaired) electrons. The van der Waals surface area contributed by atoms with Crippen LogP contribution in [0.3, 0.4) is 0 Å². The average molecular weight is 465 g/mol. The number of aromatic hydroxyl groups is 1. The third-order valence-corrected chi connectivity index (χ3v) is 6.00. The third-order valence-electron chi connectivity index (χ3n) is 6.00. The molecule has 0 bridgehead atoms. The number of phenolic OH excluding ortho intramolecular Hbond substituents is 1. The summed E-state index contributed by atoms with van der Waals surface area (Å²) in [5, 5.41) is 23.2. The monoisotopic (exact) mass is 465 g/mol. The first-order chi connectivity index (χ1) is 16.0. The summed E-state index contributed by atoms with van der Waals surface area (Å²) >= 11 is 0. The highest BCUT2D eigenvalue weighted by Crippen LogP contribution is 2.39. The second-order valence-corrected chi connectivity index (χ2v) is 9.04. The van der Waals surface area contributed by atoms with Gasteiger partial charge in [-0.25, -0.2) is 9.18 Å². The summed E-state index contributed by atoms with van der Waals surface area (Å²) < 4.78 is 13.3. The summed E-state index contributed by atoms with van der Waals surface area (Å²) in [6, 6.07) is 7.85. The van der Waals surface area contributed by atoms with Crippen molar-refractivity contribution in [3.05, 3.63) is 70.2 Å². The summed E-state index contributed by atoms with van der Waals surface area (Å²) in [6.45, 7) is 2.96. The van der Waals surface area contributed by atoms with Crippen LogP contribution >= 0.6 is 0 Å². The van der Waals surface area contributed by atoms with E-state index in [1.165, 1.54) is 30.9 Å². The van der Waals surface area contributed by atoms with E-state index in [9.17, 15) is 29.0 Å². The number of rotatable bonds is 6. The van der Waals surface area contributed by atoms with Gasteiger partial charge < -0.3 is 20.4 Å². The smallest absolute Gasteiger partial charge is 0.328 e. The minimum atomic E-state index is -1.48. The van der Waals surface area contributed by atoms with E-state index >= 15 is 0 Å². The van der Waals surface area contributed by atoms with Gasteiger partial charge in [0.1, 0.15) is 16.9 Å². The number of aromatic nitrogens is 1. The van der Waals surface area contributed by atoms with Crippen molar-refractivity contribution in [2.45, 2.75) is 38.8 Å². The van der Waals surface area contributed by atoms with Crippen LogP contribution in [0.4, 0.5) is 4.39 Å². The molecule has 0 atom stereocenters. The topological polar surface area (TPSA) is 120 Å². The molecule has 3 N–H and O–H groups in total. The average Bonchev–Trinajstić information content (AvgIpc) is 3.07. The molecule has 3 aromatic rings. The Hall–Kier alpha value is -4.01. The fourth-order valence-electron chi connectivity index (χ4n) is 4.15. The van der Waals surface area contributed by atoms with Crippen LogP contribution in [0.15, 0.2) is 36.5 Å². The highest BCUT2D eigenvalue weighted by atomic mass is 19.1. The van der Waals surface area contributed by atoms with Crippen LogP contribution in [0.1, 0.15) is 46.5 Å². The van der Waals surface area contributed by atoms with E-state index in [-0.39, 0.29) is 41.5 Å². The molecule has 2 aromatic carbocycles. The lowest BCUT2D eigenvalue weighted by Crippen LogP contribution is -2.50. The first-order valence-electron chi connectivity index (χ1n) is 10.7. The zero-order valence-electron chi connectivity index (χ0n) is 19.0. The van der Waals surface area contributed by atoms with Crippen molar-refractivity contribution < 1.29 is 29.0 Å². The largest absolute Gasteiger partial charge is 0.505 e. The molecule has 2 amide bonds. The van der Waals surface area contributed by atoms with Crippen LogP contribution in [-0.4, -0.2) is 50.5 Å². The van der Waals surface area contributed by atoms with E-state index in [1.54, 1.807) is 31.4 Å². The molecular weight excluding hydrogens is 441 g/mol. The number of amides is 2. The van der Waals surface area contributed by atoms with E-state index in [0.29, 0.717) is 22.9 Å². The highest BCUT2D eigenvalue weighted by molar-refractivity contribution is 6.08. The van der Waals surface area contributed by atoms with E-state index in [1.807, 2.05) is 0 Å². The number of fused-ring (bicyclic) bond motifs is 2. The van der Waals surface area contributed by atoms with Gasteiger partial charge in [-0.1, -0.05) is 12.1 Å². The number of carboxylic acids is 1. The number of nitrogens with one attached hydrogen (secondary N) is 1. The number of halogens is 1. The van der Waals surface area contributed by atoms with Crippen LogP contribution in [0, 0.1) is 5.82 Å². The lowest BCUT2D eigenvalue weighted by atomic mass is 9.92. The van der Waals surface area contributed by atoms with E-state index in [2.05, 4.69) is 10.3 Å². The summed E-state index contributed by atoms with van der Waals surface area (Å²) in [6.07, 6.45) is 1.81. The maximum atomic E-state index is 13.3. The van der Waals surface area contributed by atoms with Gasteiger partial charge in [-0.2, -0.15) is 0 Å². The Bertz CT molecular complexity index is 1330. The number of aliphatic carboxylic acids is 1. The fraction of sp³-hybridized carbons (Fsp3) is 0.280. The number of carbonyl (C=O) groups excluding carboxylic acids is 2. The summed E-state index contributed by atoms with van der Waals surface area (Å²) in [5.41, 5.74) is 1.45. The maximum absolute atomic E-state index is 13.3. The number of nitrogens with zero attached hydrogens (tertiary/aromatic N) is 2. The number of carbonyl (C=O) groups is 3. The van der Waals surface area contributed by atoms with E-state index in [0.717, 1.165) is 11.1 Å². The molecule has 0 unspecified atom stereocenters. The normalized spacial score (nSPS) is 13.3. The van der Waals surface area contributed by atoms with Crippen LogP contribution in [0.5, 0.6) is 5.75 Å². The number of pyridine rings is 1. The minimum Gasteiger partial charge on any atom is -0.505 e. The van der Waals surface area contributed by atoms with Crippen molar-refractivity contribution >= 4 is 28.7 Å². The van der Waals surface area contributed by atoms with Crippen molar-refractivity contribution in [3.63, 3.8) is 0 Å². The summed E-state index contributed by atoms with van der Waals surface area (Å²) in [5.74, 6) is -2.68. The highest BCUT2D eigenvalue weighted by Gasteiger charge is 2.35. The first kappa shape index (κ1) is 23.2. The Morgan fingerprint density at radius 1 is 1.21 bits per heavy atom. The fourth-order valence-corrected chi connectivity index (χ4v) is 4.15. The molecule has 2 heterocycles. The Morgan fingerprint density at radius 2 is 1.88 bits per heavy atom. The summed E-state index contributed by atoms with van der Waals surface area (Å²) in [4.78, 5) is 42.8. The SMILES string of the molecule is CN1Cc2c(c(O)c3ncc(Cc4ccc(F)cc4)cc3c2CC(=O)NC(C)(C)C(=O)O)C1=O. The standard InChI is InChI=1S/C25H24FN3O5/c1-25(2,24(33)34)28-19(30)10-16-17-9-14(8-13-4-6-15(26)7-5-13)11-27-21(17)22(31)20-18(16)12-29(3)23(20)32/h4-7,9,11,31H,8,10,12H2,1-3H3,(H,28,30)(H,33,34). The van der Waals surface area contributed by atoms with Crippen LogP contribution in [0.2, 0.25) is 0 Å². The van der Waals surface area contributed by atoms with Gasteiger partial charge in [0.2, 0.25) is 5.91 Å². The van der Waals surface area contributed by atoms with Crippen molar-refractivity contribution in [1.82, 2.24) is 15.2 Å².